The minimum absolute atomic E-state index is 0.0158. The highest BCUT2D eigenvalue weighted by Crippen LogP contribution is 2.26. The fraction of sp³-hybridized carbons (Fsp3) is 0.611. The zero-order valence-corrected chi connectivity index (χ0v) is 14.4. The van der Waals surface area contributed by atoms with Crippen LogP contribution in [0.25, 0.3) is 6.08 Å². The summed E-state index contributed by atoms with van der Waals surface area (Å²) in [6.07, 6.45) is 11.7. The quantitative estimate of drug-likeness (QED) is 0.841. The summed E-state index contributed by atoms with van der Waals surface area (Å²) >= 11 is 2.09. The van der Waals surface area contributed by atoms with E-state index in [1.54, 1.807) is 24.7 Å². The van der Waals surface area contributed by atoms with Crippen LogP contribution in [0.15, 0.2) is 29.1 Å². The first kappa shape index (κ1) is 16.7. The number of carbonyl (C=O) groups is 1. The molecule has 0 spiro atoms. The Bertz CT molecular complexity index is 501. The SMILES string of the molecule is O=C(/C=C/c1ccoc1)NCC1CCN(C2CCSCC2)CC1. The van der Waals surface area contributed by atoms with E-state index in [-0.39, 0.29) is 5.91 Å². The van der Waals surface area contributed by atoms with Gasteiger partial charge in [0.25, 0.3) is 0 Å². The number of furan rings is 1. The molecule has 126 valence electrons. The van der Waals surface area contributed by atoms with Crippen LogP contribution in [-0.2, 0) is 4.79 Å². The summed E-state index contributed by atoms with van der Waals surface area (Å²) in [5.41, 5.74) is 0.916. The Labute approximate surface area is 142 Å². The first-order valence-corrected chi connectivity index (χ1v) is 9.76. The lowest BCUT2D eigenvalue weighted by Crippen LogP contribution is -2.44. The smallest absolute Gasteiger partial charge is 0.244 e. The molecule has 1 aromatic rings. The van der Waals surface area contributed by atoms with Crippen molar-refractivity contribution in [1.82, 2.24) is 10.2 Å². The average Bonchev–Trinajstić information content (AvgIpc) is 3.13. The summed E-state index contributed by atoms with van der Waals surface area (Å²) in [6.45, 7) is 3.18. The number of piperidine rings is 1. The van der Waals surface area contributed by atoms with E-state index in [0.29, 0.717) is 5.92 Å². The van der Waals surface area contributed by atoms with Crippen LogP contribution < -0.4 is 5.32 Å². The maximum absolute atomic E-state index is 11.9. The van der Waals surface area contributed by atoms with Gasteiger partial charge in [0, 0.05) is 24.2 Å². The topological polar surface area (TPSA) is 45.5 Å². The highest BCUT2D eigenvalue weighted by atomic mass is 32.2. The molecule has 5 heteroatoms. The van der Waals surface area contributed by atoms with Gasteiger partial charge in [-0.25, -0.2) is 0 Å². The number of carbonyl (C=O) groups excluding carboxylic acids is 1. The van der Waals surface area contributed by atoms with Crippen molar-refractivity contribution in [3.63, 3.8) is 0 Å². The Hall–Kier alpha value is -1.20. The normalized spacial score (nSPS) is 21.7. The third-order valence-corrected chi connectivity index (χ3v) is 5.94. The summed E-state index contributed by atoms with van der Waals surface area (Å²) in [6, 6.07) is 2.65. The van der Waals surface area contributed by atoms with Gasteiger partial charge in [-0.05, 0) is 68.3 Å². The van der Waals surface area contributed by atoms with Crippen molar-refractivity contribution in [3.05, 3.63) is 30.2 Å². The number of amides is 1. The van der Waals surface area contributed by atoms with Gasteiger partial charge in [0.1, 0.15) is 0 Å². The molecule has 2 aliphatic rings. The second-order valence-electron chi connectivity index (χ2n) is 6.46. The fourth-order valence-corrected chi connectivity index (χ4v) is 4.50. The number of nitrogens with one attached hydrogen (secondary N) is 1. The van der Waals surface area contributed by atoms with Gasteiger partial charge in [0.2, 0.25) is 5.91 Å². The molecule has 0 aromatic carbocycles. The molecule has 0 radical (unpaired) electrons. The standard InChI is InChI=1S/C18H26N2O2S/c21-18(2-1-16-5-10-22-14-16)19-13-15-3-8-20(9-4-15)17-6-11-23-12-7-17/h1-2,5,10,14-15,17H,3-4,6-9,11-13H2,(H,19,21)/b2-1+. The fourth-order valence-electron chi connectivity index (χ4n) is 3.42. The maximum Gasteiger partial charge on any atom is 0.244 e. The molecule has 3 rings (SSSR count). The number of nitrogens with zero attached hydrogens (tertiary/aromatic N) is 1. The molecule has 1 N–H and O–H groups in total. The summed E-state index contributed by atoms with van der Waals surface area (Å²) in [5, 5.41) is 3.03. The predicted molar refractivity (Wildman–Crippen MR) is 95.4 cm³/mol. The Morgan fingerprint density at radius 1 is 1.30 bits per heavy atom. The van der Waals surface area contributed by atoms with E-state index in [1.165, 1.54) is 50.3 Å². The predicted octanol–water partition coefficient (Wildman–Crippen LogP) is 3.02. The van der Waals surface area contributed by atoms with Crippen molar-refractivity contribution in [3.8, 4) is 0 Å². The van der Waals surface area contributed by atoms with Crippen molar-refractivity contribution < 1.29 is 9.21 Å². The van der Waals surface area contributed by atoms with E-state index in [9.17, 15) is 4.79 Å². The lowest BCUT2D eigenvalue weighted by atomic mass is 9.94. The molecule has 0 bridgehead atoms. The van der Waals surface area contributed by atoms with E-state index in [0.717, 1.165) is 18.2 Å². The van der Waals surface area contributed by atoms with Crippen molar-refractivity contribution in [2.45, 2.75) is 31.7 Å². The molecular weight excluding hydrogens is 308 g/mol. The molecule has 0 atom stereocenters. The van der Waals surface area contributed by atoms with Crippen LogP contribution in [0.4, 0.5) is 0 Å². The first-order valence-electron chi connectivity index (χ1n) is 8.61. The van der Waals surface area contributed by atoms with Gasteiger partial charge >= 0.3 is 0 Å². The molecule has 1 amide bonds. The van der Waals surface area contributed by atoms with Gasteiger partial charge in [-0.3, -0.25) is 4.79 Å². The van der Waals surface area contributed by atoms with Crippen LogP contribution in [0.1, 0.15) is 31.2 Å². The van der Waals surface area contributed by atoms with Crippen molar-refractivity contribution >= 4 is 23.7 Å². The van der Waals surface area contributed by atoms with Gasteiger partial charge in [-0.1, -0.05) is 0 Å². The van der Waals surface area contributed by atoms with Gasteiger partial charge in [-0.15, -0.1) is 0 Å². The monoisotopic (exact) mass is 334 g/mol. The molecule has 0 aliphatic carbocycles. The number of thioether (sulfide) groups is 1. The third-order valence-electron chi connectivity index (χ3n) is 4.89. The highest BCUT2D eigenvalue weighted by molar-refractivity contribution is 7.99. The van der Waals surface area contributed by atoms with Gasteiger partial charge in [-0.2, -0.15) is 11.8 Å². The van der Waals surface area contributed by atoms with Crippen molar-refractivity contribution in [2.24, 2.45) is 5.92 Å². The van der Waals surface area contributed by atoms with E-state index < -0.39 is 0 Å². The molecule has 4 nitrogen and oxygen atoms in total. The second-order valence-corrected chi connectivity index (χ2v) is 7.68. The lowest BCUT2D eigenvalue weighted by molar-refractivity contribution is -0.116. The van der Waals surface area contributed by atoms with Crippen molar-refractivity contribution in [1.29, 1.82) is 0 Å². The van der Waals surface area contributed by atoms with Crippen LogP contribution in [-0.4, -0.2) is 48.0 Å². The van der Waals surface area contributed by atoms with E-state index in [4.69, 9.17) is 4.42 Å². The van der Waals surface area contributed by atoms with Crippen LogP contribution in [0.5, 0.6) is 0 Å². The maximum atomic E-state index is 11.9. The molecule has 2 saturated heterocycles. The van der Waals surface area contributed by atoms with Crippen LogP contribution in [0, 0.1) is 5.92 Å². The lowest BCUT2D eigenvalue weighted by Gasteiger charge is -2.39. The average molecular weight is 334 g/mol. The molecular formula is C18H26N2O2S. The molecule has 2 fully saturated rings. The molecule has 23 heavy (non-hydrogen) atoms. The molecule has 3 heterocycles. The zero-order chi connectivity index (χ0) is 15.9. The van der Waals surface area contributed by atoms with Crippen LogP contribution in [0.3, 0.4) is 0 Å². The van der Waals surface area contributed by atoms with Gasteiger partial charge < -0.3 is 14.6 Å². The second kappa shape index (κ2) is 8.60. The van der Waals surface area contributed by atoms with E-state index >= 15 is 0 Å². The largest absolute Gasteiger partial charge is 0.472 e. The number of hydrogen-bond acceptors (Lipinski definition) is 4. The highest BCUT2D eigenvalue weighted by Gasteiger charge is 2.26. The van der Waals surface area contributed by atoms with Gasteiger partial charge in [0.05, 0.1) is 12.5 Å². The first-order chi connectivity index (χ1) is 11.3. The summed E-state index contributed by atoms with van der Waals surface area (Å²) in [7, 11) is 0. The van der Waals surface area contributed by atoms with Crippen LogP contribution in [0.2, 0.25) is 0 Å². The summed E-state index contributed by atoms with van der Waals surface area (Å²) in [4.78, 5) is 14.5. The van der Waals surface area contributed by atoms with E-state index in [1.807, 2.05) is 6.07 Å². The number of rotatable bonds is 5. The minimum atomic E-state index is -0.0158. The summed E-state index contributed by atoms with van der Waals surface area (Å²) < 4.78 is 4.97. The Morgan fingerprint density at radius 2 is 2.09 bits per heavy atom. The van der Waals surface area contributed by atoms with E-state index in [2.05, 4.69) is 22.0 Å². The minimum Gasteiger partial charge on any atom is -0.472 e. The molecule has 0 unspecified atom stereocenters. The summed E-state index contributed by atoms with van der Waals surface area (Å²) in [5.74, 6) is 3.25. The molecule has 2 aliphatic heterocycles. The van der Waals surface area contributed by atoms with Crippen molar-refractivity contribution in [2.75, 3.05) is 31.1 Å². The Balaban J connectivity index is 1.35. The number of hydrogen-bond donors (Lipinski definition) is 1. The molecule has 0 saturated carbocycles. The third kappa shape index (κ3) is 5.15. The Kier molecular flexibility index (Phi) is 6.22. The Morgan fingerprint density at radius 3 is 2.78 bits per heavy atom. The van der Waals surface area contributed by atoms with Crippen LogP contribution >= 0.6 is 11.8 Å². The molecule has 1 aromatic heterocycles. The number of likely N-dealkylation sites (tertiary alicyclic amines) is 1. The van der Waals surface area contributed by atoms with Gasteiger partial charge in [0.15, 0.2) is 0 Å². The zero-order valence-electron chi connectivity index (χ0n) is 13.6.